The van der Waals surface area contributed by atoms with Gasteiger partial charge in [0.15, 0.2) is 0 Å². The highest BCUT2D eigenvalue weighted by Crippen LogP contribution is 2.13. The molecule has 116 valence electrons. The summed E-state index contributed by atoms with van der Waals surface area (Å²) in [6.07, 6.45) is 0.620. The van der Waals surface area contributed by atoms with Crippen LogP contribution in [0.25, 0.3) is 0 Å². The van der Waals surface area contributed by atoms with Crippen molar-refractivity contribution >= 4 is 10.0 Å². The van der Waals surface area contributed by atoms with Crippen LogP contribution in [0.2, 0.25) is 0 Å². The molecule has 0 bridgehead atoms. The summed E-state index contributed by atoms with van der Waals surface area (Å²) in [5.41, 5.74) is 1.99. The summed E-state index contributed by atoms with van der Waals surface area (Å²) in [6.45, 7) is 4.48. The largest absolute Gasteiger partial charge is 0.446 e. The molecule has 0 saturated heterocycles. The van der Waals surface area contributed by atoms with Crippen molar-refractivity contribution in [2.75, 3.05) is 6.54 Å². The van der Waals surface area contributed by atoms with Crippen molar-refractivity contribution in [2.24, 2.45) is 0 Å². The van der Waals surface area contributed by atoms with E-state index in [1.807, 2.05) is 24.6 Å². The summed E-state index contributed by atoms with van der Waals surface area (Å²) in [4.78, 5) is 0. The Balaban J connectivity index is 1.86. The quantitative estimate of drug-likeness (QED) is 0.742. The molecule has 0 aliphatic rings. The highest BCUT2D eigenvalue weighted by atomic mass is 32.2. The summed E-state index contributed by atoms with van der Waals surface area (Å²) >= 11 is 0. The van der Waals surface area contributed by atoms with Gasteiger partial charge in [0.05, 0.1) is 5.69 Å². The van der Waals surface area contributed by atoms with Crippen LogP contribution in [0, 0.1) is 13.8 Å². The van der Waals surface area contributed by atoms with E-state index in [-0.39, 0.29) is 24.0 Å². The van der Waals surface area contributed by atoms with Gasteiger partial charge in [-0.2, -0.15) is 5.10 Å². The van der Waals surface area contributed by atoms with Gasteiger partial charge in [0.25, 0.3) is 10.0 Å². The minimum atomic E-state index is -3.67. The second-order valence-electron chi connectivity index (χ2n) is 4.78. The van der Waals surface area contributed by atoms with Gasteiger partial charge in [-0.3, -0.25) is 4.68 Å². The van der Waals surface area contributed by atoms with Crippen LogP contribution in [0.3, 0.4) is 0 Å². The van der Waals surface area contributed by atoms with Crippen molar-refractivity contribution in [3.63, 3.8) is 0 Å². The van der Waals surface area contributed by atoms with Crippen molar-refractivity contribution in [3.8, 4) is 0 Å². The molecule has 0 aliphatic carbocycles. The third kappa shape index (κ3) is 3.93. The van der Waals surface area contributed by atoms with E-state index < -0.39 is 10.0 Å². The lowest BCUT2D eigenvalue weighted by atomic mass is 10.4. The van der Waals surface area contributed by atoms with Crippen LogP contribution in [-0.4, -0.2) is 29.8 Å². The van der Waals surface area contributed by atoms with Gasteiger partial charge in [-0.25, -0.2) is 13.1 Å². The number of aryl methyl sites for hydroxylation is 3. The molecule has 2 rings (SSSR count). The smallest absolute Gasteiger partial charge is 0.273 e. The van der Waals surface area contributed by atoms with Crippen LogP contribution in [0.1, 0.15) is 23.6 Å². The van der Waals surface area contributed by atoms with Gasteiger partial charge in [0.1, 0.15) is 12.4 Å². The molecule has 0 aliphatic heterocycles. The summed E-state index contributed by atoms with van der Waals surface area (Å²) in [7, 11) is -3.67. The molecule has 0 amide bonds. The number of aliphatic hydroxyl groups excluding tert-OH is 1. The first-order chi connectivity index (χ1) is 9.92. The standard InChI is InChI=1S/C13H19N3O4S/c1-10-8-11(2)16(15-10)7-3-6-14-21(18,19)13-5-4-12(9-17)20-13/h4-5,8,14,17H,3,6-7,9H2,1-2H3. The molecule has 21 heavy (non-hydrogen) atoms. The lowest BCUT2D eigenvalue weighted by Gasteiger charge is -2.06. The lowest BCUT2D eigenvalue weighted by molar-refractivity contribution is 0.236. The van der Waals surface area contributed by atoms with Crippen LogP contribution in [-0.2, 0) is 23.2 Å². The second-order valence-corrected chi connectivity index (χ2v) is 6.48. The van der Waals surface area contributed by atoms with Crippen molar-refractivity contribution in [1.29, 1.82) is 0 Å². The molecular weight excluding hydrogens is 294 g/mol. The topological polar surface area (TPSA) is 97.4 Å². The highest BCUT2D eigenvalue weighted by Gasteiger charge is 2.17. The van der Waals surface area contributed by atoms with Gasteiger partial charge in [-0.1, -0.05) is 0 Å². The maximum Gasteiger partial charge on any atom is 0.273 e. The predicted octanol–water partition coefficient (Wildman–Crippen LogP) is 0.954. The zero-order chi connectivity index (χ0) is 15.5. The number of nitrogens with one attached hydrogen (secondary N) is 1. The van der Waals surface area contributed by atoms with Gasteiger partial charge in [0.2, 0.25) is 5.09 Å². The molecule has 0 unspecified atom stereocenters. The molecule has 0 atom stereocenters. The van der Waals surface area contributed by atoms with Crippen molar-refractivity contribution in [2.45, 2.75) is 38.5 Å². The van der Waals surface area contributed by atoms with Gasteiger partial charge >= 0.3 is 0 Å². The van der Waals surface area contributed by atoms with Gasteiger partial charge in [0, 0.05) is 18.8 Å². The SMILES string of the molecule is Cc1cc(C)n(CCCNS(=O)(=O)c2ccc(CO)o2)n1. The Kier molecular flexibility index (Phi) is 4.81. The Labute approximate surface area is 123 Å². The molecule has 2 heterocycles. The molecule has 2 aromatic heterocycles. The first-order valence-corrected chi connectivity index (χ1v) is 8.11. The molecule has 0 aromatic carbocycles. The molecular formula is C13H19N3O4S. The first kappa shape index (κ1) is 15.7. The van der Waals surface area contributed by atoms with E-state index >= 15 is 0 Å². The molecule has 7 nitrogen and oxygen atoms in total. The summed E-state index contributed by atoms with van der Waals surface area (Å²) < 4.78 is 33.2. The normalized spacial score (nSPS) is 12.0. The van der Waals surface area contributed by atoms with Crippen molar-refractivity contribution in [3.05, 3.63) is 35.3 Å². The fourth-order valence-corrected chi connectivity index (χ4v) is 3.01. The fourth-order valence-electron chi connectivity index (χ4n) is 2.00. The summed E-state index contributed by atoms with van der Waals surface area (Å²) in [5.74, 6) is 0.220. The van der Waals surface area contributed by atoms with Crippen molar-refractivity contribution < 1.29 is 17.9 Å². The lowest BCUT2D eigenvalue weighted by Crippen LogP contribution is -2.25. The minimum Gasteiger partial charge on any atom is -0.446 e. The average molecular weight is 313 g/mol. The molecule has 0 saturated carbocycles. The zero-order valence-electron chi connectivity index (χ0n) is 12.0. The van der Waals surface area contributed by atoms with Crippen LogP contribution in [0.5, 0.6) is 0 Å². The highest BCUT2D eigenvalue weighted by molar-refractivity contribution is 7.89. The number of sulfonamides is 1. The maximum atomic E-state index is 11.9. The molecule has 8 heteroatoms. The van der Waals surface area contributed by atoms with Gasteiger partial charge in [-0.05, 0) is 38.5 Å². The van der Waals surface area contributed by atoms with E-state index in [9.17, 15) is 8.42 Å². The Morgan fingerprint density at radius 2 is 2.14 bits per heavy atom. The van der Waals surface area contributed by atoms with Gasteiger partial charge < -0.3 is 9.52 Å². The van der Waals surface area contributed by atoms with Crippen LogP contribution >= 0.6 is 0 Å². The summed E-state index contributed by atoms with van der Waals surface area (Å²) in [5, 5.41) is 13.0. The Morgan fingerprint density at radius 3 is 2.71 bits per heavy atom. The van der Waals surface area contributed by atoms with Crippen LogP contribution in [0.15, 0.2) is 27.7 Å². The molecule has 0 fully saturated rings. The fraction of sp³-hybridized carbons (Fsp3) is 0.462. The Bertz CT molecular complexity index is 703. The van der Waals surface area contributed by atoms with E-state index in [4.69, 9.17) is 9.52 Å². The minimum absolute atomic E-state index is 0.183. The third-order valence-corrected chi connectivity index (χ3v) is 4.33. The molecule has 2 aromatic rings. The van der Waals surface area contributed by atoms with E-state index in [1.165, 1.54) is 12.1 Å². The third-order valence-electron chi connectivity index (χ3n) is 3.00. The van der Waals surface area contributed by atoms with Crippen LogP contribution < -0.4 is 4.72 Å². The zero-order valence-corrected chi connectivity index (χ0v) is 12.9. The van der Waals surface area contributed by atoms with Crippen LogP contribution in [0.4, 0.5) is 0 Å². The second kappa shape index (κ2) is 6.42. The number of hydrogen-bond acceptors (Lipinski definition) is 5. The summed E-state index contributed by atoms with van der Waals surface area (Å²) in [6, 6.07) is 4.74. The van der Waals surface area contributed by atoms with Gasteiger partial charge in [-0.15, -0.1) is 0 Å². The monoisotopic (exact) mass is 313 g/mol. The van der Waals surface area contributed by atoms with E-state index in [1.54, 1.807) is 0 Å². The van der Waals surface area contributed by atoms with E-state index in [0.29, 0.717) is 13.0 Å². The first-order valence-electron chi connectivity index (χ1n) is 6.62. The number of aromatic nitrogens is 2. The average Bonchev–Trinajstić information content (AvgIpc) is 3.02. The number of hydrogen-bond donors (Lipinski definition) is 2. The van der Waals surface area contributed by atoms with E-state index in [0.717, 1.165) is 11.4 Å². The Morgan fingerprint density at radius 1 is 1.38 bits per heavy atom. The predicted molar refractivity (Wildman–Crippen MR) is 76.1 cm³/mol. The van der Waals surface area contributed by atoms with E-state index in [2.05, 4.69) is 9.82 Å². The maximum absolute atomic E-state index is 11.9. The number of furan rings is 1. The molecule has 0 radical (unpaired) electrons. The molecule has 0 spiro atoms. The van der Waals surface area contributed by atoms with Crippen molar-refractivity contribution in [1.82, 2.24) is 14.5 Å². The molecule has 2 N–H and O–H groups in total. The Hall–Kier alpha value is -1.64. The number of aliphatic hydroxyl groups is 1. The number of nitrogens with zero attached hydrogens (tertiary/aromatic N) is 2. The number of rotatable bonds is 7.